The van der Waals surface area contributed by atoms with Crippen molar-refractivity contribution in [3.8, 4) is 0 Å². The first-order valence-corrected chi connectivity index (χ1v) is 10.6. The summed E-state index contributed by atoms with van der Waals surface area (Å²) in [6, 6.07) is 18.0. The maximum absolute atomic E-state index is 6.78. The second kappa shape index (κ2) is 7.27. The van der Waals surface area contributed by atoms with Crippen LogP contribution in [-0.2, 0) is 12.2 Å². The third-order valence-electron chi connectivity index (χ3n) is 5.80. The Labute approximate surface area is 183 Å². The maximum atomic E-state index is 6.78. The van der Waals surface area contributed by atoms with Crippen molar-refractivity contribution in [2.24, 2.45) is 10.7 Å². The summed E-state index contributed by atoms with van der Waals surface area (Å²) < 4.78 is 0. The lowest BCUT2D eigenvalue weighted by Gasteiger charge is -2.34. The molecule has 1 aliphatic heterocycles. The van der Waals surface area contributed by atoms with Gasteiger partial charge in [0.2, 0.25) is 5.79 Å². The van der Waals surface area contributed by atoms with Gasteiger partial charge in [-0.25, -0.2) is 4.99 Å². The molecule has 0 amide bonds. The zero-order valence-corrected chi connectivity index (χ0v) is 17.2. The van der Waals surface area contributed by atoms with E-state index in [1.54, 1.807) is 0 Å². The Bertz CT molecular complexity index is 1270. The van der Waals surface area contributed by atoms with Gasteiger partial charge in [0.15, 0.2) is 11.6 Å². The lowest BCUT2D eigenvalue weighted by molar-refractivity contribution is 0.538. The summed E-state index contributed by atoms with van der Waals surface area (Å²) in [6.45, 7) is 0. The summed E-state index contributed by atoms with van der Waals surface area (Å²) >= 11 is 0. The molecule has 0 saturated heterocycles. The van der Waals surface area contributed by atoms with E-state index in [-0.39, 0.29) is 0 Å². The predicted octanol–water partition coefficient (Wildman–Crippen LogP) is 2.44. The van der Waals surface area contributed by atoms with Crippen molar-refractivity contribution in [2.45, 2.75) is 31.0 Å². The number of aliphatic imine (C=N–C) groups is 1. The minimum absolute atomic E-state index is 0.586. The number of benzene rings is 2. The number of nitrogens with zero attached hydrogens (tertiary/aromatic N) is 5. The van der Waals surface area contributed by atoms with Gasteiger partial charge < -0.3 is 10.6 Å². The summed E-state index contributed by atoms with van der Waals surface area (Å²) in [6.07, 6.45) is 3.01. The maximum Gasteiger partial charge on any atom is 0.211 e. The molecule has 10 heteroatoms. The van der Waals surface area contributed by atoms with E-state index >= 15 is 0 Å². The Balaban J connectivity index is 1.31. The smallest absolute Gasteiger partial charge is 0.211 e. The molecule has 3 heterocycles. The van der Waals surface area contributed by atoms with E-state index in [4.69, 9.17) is 10.7 Å². The normalized spacial score (nSPS) is 19.7. The highest BCUT2D eigenvalue weighted by atomic mass is 15.5. The van der Waals surface area contributed by atoms with Crippen LogP contribution in [0.15, 0.2) is 59.6 Å². The molecule has 0 radical (unpaired) electrons. The lowest BCUT2D eigenvalue weighted by atomic mass is 10.0. The summed E-state index contributed by atoms with van der Waals surface area (Å²) in [5, 5.41) is 28.4. The summed E-state index contributed by atoms with van der Waals surface area (Å²) in [7, 11) is 0. The highest BCUT2D eigenvalue weighted by Gasteiger charge is 2.33. The molecule has 1 unspecified atom stereocenters. The molecule has 32 heavy (non-hydrogen) atoms. The molecule has 160 valence electrons. The van der Waals surface area contributed by atoms with Crippen molar-refractivity contribution in [1.29, 1.82) is 0 Å². The number of tetrazole rings is 1. The number of amidine groups is 1. The molecule has 10 nitrogen and oxygen atoms in total. The molecule has 0 spiro atoms. The SMILES string of the molecule is NC1(c2ccc(Cc3nn[nH]n3)cc2)N=C(Nc2cc(C3CC3)[nH]n2)c2ccccc2N1. The van der Waals surface area contributed by atoms with Gasteiger partial charge in [-0.1, -0.05) is 41.6 Å². The number of aromatic amines is 2. The largest absolute Gasteiger partial charge is 0.345 e. The van der Waals surface area contributed by atoms with Gasteiger partial charge in [-0.2, -0.15) is 10.3 Å². The Kier molecular flexibility index (Phi) is 4.25. The van der Waals surface area contributed by atoms with E-state index < -0.39 is 5.79 Å². The van der Waals surface area contributed by atoms with Crippen LogP contribution >= 0.6 is 0 Å². The molecule has 6 N–H and O–H groups in total. The van der Waals surface area contributed by atoms with Crippen LogP contribution in [0.5, 0.6) is 0 Å². The van der Waals surface area contributed by atoms with Gasteiger partial charge in [-0.05, 0) is 30.5 Å². The van der Waals surface area contributed by atoms with Gasteiger partial charge in [-0.15, -0.1) is 10.2 Å². The first-order chi connectivity index (χ1) is 15.7. The summed E-state index contributed by atoms with van der Waals surface area (Å²) in [5.41, 5.74) is 11.7. The highest BCUT2D eigenvalue weighted by molar-refractivity contribution is 6.12. The molecule has 2 aromatic heterocycles. The van der Waals surface area contributed by atoms with Gasteiger partial charge in [0.1, 0.15) is 5.84 Å². The fourth-order valence-electron chi connectivity index (χ4n) is 3.94. The second-order valence-electron chi connectivity index (χ2n) is 8.21. The van der Waals surface area contributed by atoms with Crippen molar-refractivity contribution in [3.63, 3.8) is 0 Å². The molecule has 2 aliphatic rings. The van der Waals surface area contributed by atoms with E-state index in [9.17, 15) is 0 Å². The third-order valence-corrected chi connectivity index (χ3v) is 5.80. The van der Waals surface area contributed by atoms with Crippen LogP contribution in [0.4, 0.5) is 11.5 Å². The second-order valence-corrected chi connectivity index (χ2v) is 8.21. The molecular weight excluding hydrogens is 404 g/mol. The van der Waals surface area contributed by atoms with E-state index in [0.717, 1.165) is 33.9 Å². The summed E-state index contributed by atoms with van der Waals surface area (Å²) in [4.78, 5) is 4.87. The number of para-hydroxylation sites is 1. The molecule has 1 atom stereocenters. The van der Waals surface area contributed by atoms with Crippen molar-refractivity contribution in [3.05, 3.63) is 82.8 Å². The number of hydrogen-bond donors (Lipinski definition) is 5. The van der Waals surface area contributed by atoms with Gasteiger partial charge in [0, 0.05) is 40.9 Å². The number of H-pyrrole nitrogens is 2. The standard InChI is InChI=1S/C22H22N10/c23-22(15-9-5-13(6-10-15)11-20-29-31-32-30-20)25-17-4-2-1-3-16(17)21(26-22)24-19-12-18(27-28-19)14-7-8-14/h1-6,9-10,12,14,25H,7-8,11,23H2,(H2,24,26,27,28)(H,29,30,31,32). The first kappa shape index (κ1) is 18.7. The third kappa shape index (κ3) is 3.50. The average molecular weight is 426 g/mol. The number of fused-ring (bicyclic) bond motifs is 1. The van der Waals surface area contributed by atoms with Crippen LogP contribution in [0, 0.1) is 0 Å². The quantitative estimate of drug-likeness (QED) is 0.329. The first-order valence-electron chi connectivity index (χ1n) is 10.6. The monoisotopic (exact) mass is 426 g/mol. The van der Waals surface area contributed by atoms with Crippen LogP contribution in [0.3, 0.4) is 0 Å². The van der Waals surface area contributed by atoms with E-state index in [1.165, 1.54) is 12.8 Å². The minimum atomic E-state index is -1.13. The fourth-order valence-corrected chi connectivity index (χ4v) is 3.94. The van der Waals surface area contributed by atoms with Crippen LogP contribution in [-0.4, -0.2) is 36.7 Å². The number of aromatic nitrogens is 6. The van der Waals surface area contributed by atoms with Crippen molar-refractivity contribution in [2.75, 3.05) is 10.6 Å². The van der Waals surface area contributed by atoms with Gasteiger partial charge in [-0.3, -0.25) is 10.8 Å². The Morgan fingerprint density at radius 1 is 1.06 bits per heavy atom. The number of nitrogens with one attached hydrogen (secondary N) is 4. The molecule has 2 aromatic carbocycles. The van der Waals surface area contributed by atoms with Crippen molar-refractivity contribution >= 4 is 17.3 Å². The van der Waals surface area contributed by atoms with Gasteiger partial charge >= 0.3 is 0 Å². The molecule has 0 bridgehead atoms. The highest BCUT2D eigenvalue weighted by Crippen LogP contribution is 2.39. The van der Waals surface area contributed by atoms with Gasteiger partial charge in [0.25, 0.3) is 0 Å². The lowest BCUT2D eigenvalue weighted by Crippen LogP contribution is -2.47. The Morgan fingerprint density at radius 2 is 1.91 bits per heavy atom. The molecule has 4 aromatic rings. The molecule has 1 fully saturated rings. The fraction of sp³-hybridized carbons (Fsp3) is 0.227. The molecule has 6 rings (SSSR count). The molecular formula is C22H22N10. The average Bonchev–Trinajstić information content (AvgIpc) is 3.33. The van der Waals surface area contributed by atoms with Crippen LogP contribution < -0.4 is 16.4 Å². The summed E-state index contributed by atoms with van der Waals surface area (Å²) in [5.74, 6) is 1.52. The molecule has 1 aliphatic carbocycles. The minimum Gasteiger partial charge on any atom is -0.345 e. The number of rotatable bonds is 5. The van der Waals surface area contributed by atoms with Crippen molar-refractivity contribution < 1.29 is 0 Å². The predicted molar refractivity (Wildman–Crippen MR) is 120 cm³/mol. The topological polar surface area (TPSA) is 146 Å². The van der Waals surface area contributed by atoms with E-state index in [0.29, 0.717) is 24.0 Å². The zero-order valence-electron chi connectivity index (χ0n) is 17.2. The number of nitrogens with two attached hydrogens (primary N) is 1. The number of anilines is 2. The van der Waals surface area contributed by atoms with Crippen molar-refractivity contribution in [1.82, 2.24) is 30.8 Å². The van der Waals surface area contributed by atoms with Crippen LogP contribution in [0.1, 0.15) is 47.0 Å². The van der Waals surface area contributed by atoms with E-state index in [2.05, 4.69) is 47.5 Å². The van der Waals surface area contributed by atoms with Gasteiger partial charge in [0.05, 0.1) is 0 Å². The Morgan fingerprint density at radius 3 is 2.69 bits per heavy atom. The zero-order chi connectivity index (χ0) is 21.5. The Hall–Kier alpha value is -4.05. The van der Waals surface area contributed by atoms with E-state index in [1.807, 2.05) is 48.5 Å². The van der Waals surface area contributed by atoms with Crippen LogP contribution in [0.2, 0.25) is 0 Å². The number of hydrogen-bond acceptors (Lipinski definition) is 8. The molecule has 1 saturated carbocycles. The van der Waals surface area contributed by atoms with Crippen LogP contribution in [0.25, 0.3) is 0 Å².